The van der Waals surface area contributed by atoms with Crippen LogP contribution in [-0.2, 0) is 14.2 Å². The van der Waals surface area contributed by atoms with Gasteiger partial charge in [0.2, 0.25) is 0 Å². The fraction of sp³-hybridized carbons (Fsp3) is 1.00. The fourth-order valence-corrected chi connectivity index (χ4v) is 10.7. The summed E-state index contributed by atoms with van der Waals surface area (Å²) in [6, 6.07) is -0.120. The molecule has 0 amide bonds. The zero-order valence-corrected chi connectivity index (χ0v) is 19.6. The second-order valence-electron chi connectivity index (χ2n) is 11.6. The molecular formula is C24H39NO7. The van der Waals surface area contributed by atoms with Crippen LogP contribution in [-0.4, -0.2) is 109 Å². The Morgan fingerprint density at radius 2 is 1.75 bits per heavy atom. The lowest BCUT2D eigenvalue weighted by atomic mass is 9.43. The van der Waals surface area contributed by atoms with E-state index in [1.807, 2.05) is 0 Å². The highest BCUT2D eigenvalue weighted by Crippen LogP contribution is 2.79. The van der Waals surface area contributed by atoms with E-state index in [1.54, 1.807) is 21.3 Å². The van der Waals surface area contributed by atoms with Gasteiger partial charge in [-0.2, -0.15) is 0 Å². The molecule has 182 valence electrons. The van der Waals surface area contributed by atoms with Crippen molar-refractivity contribution in [3.63, 3.8) is 0 Å². The average Bonchev–Trinajstić information content (AvgIpc) is 3.19. The molecule has 4 unspecified atom stereocenters. The van der Waals surface area contributed by atoms with Crippen LogP contribution < -0.4 is 0 Å². The molecule has 0 radical (unpaired) electrons. The molecular weight excluding hydrogens is 414 g/mol. The normalized spacial score (nSPS) is 62.4. The van der Waals surface area contributed by atoms with Gasteiger partial charge < -0.3 is 34.6 Å². The Bertz CT molecular complexity index is 783. The molecule has 0 aromatic heterocycles. The number of hydrogen-bond donors (Lipinski definition) is 4. The SMILES string of the molecule is CCN1C[C@]2(COC)CC[C@H](O)C34C1C([C@H](OC)[C@@H]32)[C@]1(O)[C@H]2[C@@H](O)C(C[C@@H]24)[C@@H](OC)[C@@H]1O. The second-order valence-corrected chi connectivity index (χ2v) is 11.6. The molecule has 7 bridgehead atoms. The average molecular weight is 454 g/mol. The van der Waals surface area contributed by atoms with Gasteiger partial charge in [-0.25, -0.2) is 0 Å². The van der Waals surface area contributed by atoms with Crippen LogP contribution in [0.25, 0.3) is 0 Å². The van der Waals surface area contributed by atoms with Gasteiger partial charge in [-0.1, -0.05) is 6.92 Å². The molecule has 4 N–H and O–H groups in total. The topological polar surface area (TPSA) is 112 Å². The van der Waals surface area contributed by atoms with Crippen molar-refractivity contribution in [1.29, 1.82) is 0 Å². The number of aliphatic hydroxyl groups excluding tert-OH is 3. The Hall–Kier alpha value is -0.320. The largest absolute Gasteiger partial charge is 0.392 e. The quantitative estimate of drug-likeness (QED) is 0.440. The molecule has 8 nitrogen and oxygen atoms in total. The Balaban J connectivity index is 1.64. The van der Waals surface area contributed by atoms with Crippen LogP contribution >= 0.6 is 0 Å². The van der Waals surface area contributed by atoms with Crippen molar-refractivity contribution in [3.8, 4) is 0 Å². The highest BCUT2D eigenvalue weighted by molar-refractivity contribution is 5.36. The zero-order chi connectivity index (χ0) is 22.8. The number of fused-ring (bicyclic) bond motifs is 2. The minimum atomic E-state index is -1.54. The summed E-state index contributed by atoms with van der Waals surface area (Å²) in [5.74, 6) is -1.29. The summed E-state index contributed by atoms with van der Waals surface area (Å²) in [6.07, 6.45) is -1.22. The van der Waals surface area contributed by atoms with E-state index in [4.69, 9.17) is 14.2 Å². The first-order chi connectivity index (χ1) is 15.3. The van der Waals surface area contributed by atoms with Gasteiger partial charge >= 0.3 is 0 Å². The molecule has 1 aliphatic heterocycles. The predicted molar refractivity (Wildman–Crippen MR) is 114 cm³/mol. The molecule has 6 aliphatic rings. The van der Waals surface area contributed by atoms with E-state index in [-0.39, 0.29) is 35.3 Å². The van der Waals surface area contributed by atoms with Gasteiger partial charge in [0, 0.05) is 68.4 Å². The van der Waals surface area contributed by atoms with Crippen molar-refractivity contribution in [1.82, 2.24) is 4.90 Å². The predicted octanol–water partition coefficient (Wildman–Crippen LogP) is -0.527. The smallest absolute Gasteiger partial charge is 0.110 e. The summed E-state index contributed by atoms with van der Waals surface area (Å²) < 4.78 is 17.7. The summed E-state index contributed by atoms with van der Waals surface area (Å²) >= 11 is 0. The zero-order valence-electron chi connectivity index (χ0n) is 19.6. The van der Waals surface area contributed by atoms with Crippen molar-refractivity contribution in [3.05, 3.63) is 0 Å². The molecule has 32 heavy (non-hydrogen) atoms. The van der Waals surface area contributed by atoms with E-state index in [0.717, 1.165) is 19.5 Å². The molecule has 5 aliphatic carbocycles. The highest BCUT2D eigenvalue weighted by Gasteiger charge is 2.87. The van der Waals surface area contributed by atoms with Gasteiger partial charge in [0.1, 0.15) is 11.7 Å². The molecule has 1 spiro atoms. The summed E-state index contributed by atoms with van der Waals surface area (Å²) in [6.45, 7) is 4.33. The standard InChI is InChI=1S/C24H39NO7/c1-5-25-9-22(10-30-2)7-6-13(26)23-12-8-11-16(27)14(12)24(29,21(28)17(11)31-3)15(20(23)25)18(32-4)19(22)23/h11-21,26-29H,5-10H2,1-4H3/t11?,12-,13-,14+,15?,16-,17+,18-,19+,20?,21-,22-,23?,24+/m0/s1. The van der Waals surface area contributed by atoms with Gasteiger partial charge in [0.25, 0.3) is 0 Å². The van der Waals surface area contributed by atoms with Crippen LogP contribution in [0.2, 0.25) is 0 Å². The first-order valence-electron chi connectivity index (χ1n) is 12.3. The number of piperidine rings is 1. The van der Waals surface area contributed by atoms with E-state index < -0.39 is 47.3 Å². The Kier molecular flexibility index (Phi) is 4.76. The third-order valence-corrected chi connectivity index (χ3v) is 11.2. The Morgan fingerprint density at radius 1 is 1.03 bits per heavy atom. The summed E-state index contributed by atoms with van der Waals surface area (Å²) in [5, 5.41) is 47.3. The van der Waals surface area contributed by atoms with Crippen LogP contribution in [0.4, 0.5) is 0 Å². The number of rotatable bonds is 5. The highest BCUT2D eigenvalue weighted by atomic mass is 16.5. The van der Waals surface area contributed by atoms with Crippen molar-refractivity contribution >= 4 is 0 Å². The van der Waals surface area contributed by atoms with E-state index in [1.165, 1.54) is 0 Å². The van der Waals surface area contributed by atoms with Gasteiger partial charge in [0.15, 0.2) is 0 Å². The van der Waals surface area contributed by atoms with Crippen LogP contribution in [0.3, 0.4) is 0 Å². The number of ether oxygens (including phenoxy) is 3. The third-order valence-electron chi connectivity index (χ3n) is 11.2. The first-order valence-corrected chi connectivity index (χ1v) is 12.3. The minimum Gasteiger partial charge on any atom is -0.392 e. The lowest BCUT2D eigenvalue weighted by Crippen LogP contribution is -2.78. The van der Waals surface area contributed by atoms with Gasteiger partial charge in [-0.15, -0.1) is 0 Å². The summed E-state index contributed by atoms with van der Waals surface area (Å²) in [5.41, 5.74) is -2.24. The maximum absolute atomic E-state index is 12.5. The lowest BCUT2D eigenvalue weighted by molar-refractivity contribution is -0.297. The Morgan fingerprint density at radius 3 is 2.38 bits per heavy atom. The monoisotopic (exact) mass is 453 g/mol. The number of methoxy groups -OCH3 is 3. The minimum absolute atomic E-state index is 0.000250. The molecule has 1 saturated heterocycles. The second kappa shape index (κ2) is 6.88. The maximum Gasteiger partial charge on any atom is 0.110 e. The van der Waals surface area contributed by atoms with E-state index >= 15 is 0 Å². The molecule has 1 heterocycles. The third kappa shape index (κ3) is 2.07. The van der Waals surface area contributed by atoms with Crippen molar-refractivity contribution < 1.29 is 34.6 Å². The van der Waals surface area contributed by atoms with Crippen LogP contribution in [0.1, 0.15) is 26.2 Å². The van der Waals surface area contributed by atoms with Gasteiger partial charge in [-0.05, 0) is 31.7 Å². The van der Waals surface area contributed by atoms with E-state index in [0.29, 0.717) is 19.4 Å². The number of nitrogens with zero attached hydrogens (tertiary/aromatic N) is 1. The van der Waals surface area contributed by atoms with Crippen molar-refractivity contribution in [2.45, 2.75) is 68.3 Å². The van der Waals surface area contributed by atoms with E-state index in [2.05, 4.69) is 11.8 Å². The molecule has 0 aromatic carbocycles. The lowest BCUT2D eigenvalue weighted by Gasteiger charge is -2.69. The number of aliphatic hydroxyl groups is 4. The number of likely N-dealkylation sites (tertiary alicyclic amines) is 1. The van der Waals surface area contributed by atoms with E-state index in [9.17, 15) is 20.4 Å². The molecule has 14 atom stereocenters. The van der Waals surface area contributed by atoms with Gasteiger partial charge in [-0.3, -0.25) is 4.90 Å². The van der Waals surface area contributed by atoms with Crippen molar-refractivity contribution in [2.24, 2.45) is 40.4 Å². The van der Waals surface area contributed by atoms with Crippen LogP contribution in [0, 0.1) is 40.4 Å². The molecule has 6 fully saturated rings. The molecule has 0 aromatic rings. The Labute approximate surface area is 189 Å². The number of hydrogen-bond acceptors (Lipinski definition) is 8. The van der Waals surface area contributed by atoms with Crippen molar-refractivity contribution in [2.75, 3.05) is 41.0 Å². The summed E-state index contributed by atoms with van der Waals surface area (Å²) in [7, 11) is 4.98. The fourth-order valence-electron chi connectivity index (χ4n) is 10.7. The molecule has 5 saturated carbocycles. The maximum atomic E-state index is 12.5. The van der Waals surface area contributed by atoms with Crippen LogP contribution in [0.15, 0.2) is 0 Å². The summed E-state index contributed by atoms with van der Waals surface area (Å²) in [4.78, 5) is 2.42. The van der Waals surface area contributed by atoms with Gasteiger partial charge in [0.05, 0.1) is 31.0 Å². The molecule has 8 heteroatoms. The molecule has 6 rings (SSSR count). The van der Waals surface area contributed by atoms with Crippen LogP contribution in [0.5, 0.6) is 0 Å². The first kappa shape index (κ1) is 22.2.